The van der Waals surface area contributed by atoms with Gasteiger partial charge in [-0.15, -0.1) is 11.3 Å². The quantitative estimate of drug-likeness (QED) is 0.388. The van der Waals surface area contributed by atoms with Crippen molar-refractivity contribution >= 4 is 44.7 Å². The van der Waals surface area contributed by atoms with Crippen LogP contribution in [-0.2, 0) is 11.3 Å². The number of amides is 2. The maximum Gasteiger partial charge on any atom is 0.266 e. The van der Waals surface area contributed by atoms with E-state index in [1.54, 1.807) is 25.1 Å². The van der Waals surface area contributed by atoms with Gasteiger partial charge >= 0.3 is 0 Å². The first-order valence-electron chi connectivity index (χ1n) is 11.1. The molecule has 2 N–H and O–H groups in total. The number of hydrogen-bond acceptors (Lipinski definition) is 6. The molecule has 0 atom stereocenters. The fraction of sp³-hybridized carbons (Fsp3) is 0.231. The first kappa shape index (κ1) is 24.2. The van der Waals surface area contributed by atoms with Crippen LogP contribution in [0.4, 0.5) is 11.4 Å². The molecule has 2 amide bonds. The number of rotatable bonds is 7. The van der Waals surface area contributed by atoms with Crippen molar-refractivity contribution in [1.82, 2.24) is 9.55 Å². The summed E-state index contributed by atoms with van der Waals surface area (Å²) in [4.78, 5) is 44.1. The standard InChI is InChI=1S/C26H26N4O4S/c1-15(2)17-9-5-6-10-18(17)28-21(31)13-30-14-27-25-22(26(30)33)16(3)23(35-25)24(32)29-19-11-7-8-12-20(19)34-4/h5-12,14-15H,13H2,1-4H3,(H,28,31)(H,29,32). The number of benzene rings is 2. The molecule has 0 saturated carbocycles. The minimum absolute atomic E-state index is 0.188. The average molecular weight is 491 g/mol. The van der Waals surface area contributed by atoms with Gasteiger partial charge in [-0.25, -0.2) is 4.98 Å². The first-order chi connectivity index (χ1) is 16.8. The highest BCUT2D eigenvalue weighted by molar-refractivity contribution is 7.20. The summed E-state index contributed by atoms with van der Waals surface area (Å²) in [6, 6.07) is 14.7. The lowest BCUT2D eigenvalue weighted by atomic mass is 10.0. The molecule has 180 valence electrons. The zero-order valence-electron chi connectivity index (χ0n) is 19.9. The largest absolute Gasteiger partial charge is 0.495 e. The van der Waals surface area contributed by atoms with E-state index in [-0.39, 0.29) is 29.8 Å². The van der Waals surface area contributed by atoms with Crippen LogP contribution < -0.4 is 20.9 Å². The number of fused-ring (bicyclic) bond motifs is 1. The number of hydrogen-bond donors (Lipinski definition) is 2. The predicted molar refractivity (Wildman–Crippen MR) is 139 cm³/mol. The van der Waals surface area contributed by atoms with Crippen LogP contribution in [0.3, 0.4) is 0 Å². The first-order valence-corrected chi connectivity index (χ1v) is 11.9. The minimum Gasteiger partial charge on any atom is -0.495 e. The highest BCUT2D eigenvalue weighted by atomic mass is 32.1. The van der Waals surface area contributed by atoms with Gasteiger partial charge < -0.3 is 15.4 Å². The molecule has 0 spiro atoms. The summed E-state index contributed by atoms with van der Waals surface area (Å²) in [5.74, 6) is 0.0821. The van der Waals surface area contributed by atoms with Crippen LogP contribution in [-0.4, -0.2) is 28.5 Å². The van der Waals surface area contributed by atoms with Crippen molar-refractivity contribution in [3.63, 3.8) is 0 Å². The molecule has 0 aliphatic rings. The molecule has 0 radical (unpaired) electrons. The third-order valence-corrected chi connectivity index (χ3v) is 6.85. The summed E-state index contributed by atoms with van der Waals surface area (Å²) < 4.78 is 6.55. The van der Waals surface area contributed by atoms with E-state index in [0.29, 0.717) is 32.1 Å². The third kappa shape index (κ3) is 4.95. The number of anilines is 2. The Kier molecular flexibility index (Phi) is 6.97. The lowest BCUT2D eigenvalue weighted by Gasteiger charge is -2.14. The number of carbonyl (C=O) groups excluding carboxylic acids is 2. The smallest absolute Gasteiger partial charge is 0.266 e. The maximum atomic E-state index is 13.2. The van der Waals surface area contributed by atoms with Gasteiger partial charge in [-0.3, -0.25) is 19.0 Å². The van der Waals surface area contributed by atoms with Crippen LogP contribution in [0.15, 0.2) is 59.7 Å². The Morgan fingerprint density at radius 3 is 2.46 bits per heavy atom. The van der Waals surface area contributed by atoms with Gasteiger partial charge in [0.25, 0.3) is 11.5 Å². The molecule has 0 aliphatic heterocycles. The molecule has 9 heteroatoms. The Balaban J connectivity index is 1.59. The number of thiophene rings is 1. The molecule has 0 unspecified atom stereocenters. The second-order valence-corrected chi connectivity index (χ2v) is 9.36. The zero-order valence-corrected chi connectivity index (χ0v) is 20.7. The highest BCUT2D eigenvalue weighted by Gasteiger charge is 2.21. The summed E-state index contributed by atoms with van der Waals surface area (Å²) in [6.07, 6.45) is 1.34. The predicted octanol–water partition coefficient (Wildman–Crippen LogP) is 4.79. The zero-order chi connectivity index (χ0) is 25.1. The van der Waals surface area contributed by atoms with Gasteiger partial charge in [0.2, 0.25) is 5.91 Å². The number of nitrogens with zero attached hydrogens (tertiary/aromatic N) is 2. The van der Waals surface area contributed by atoms with Gasteiger partial charge in [-0.2, -0.15) is 0 Å². The van der Waals surface area contributed by atoms with Crippen LogP contribution in [0.5, 0.6) is 5.75 Å². The number of carbonyl (C=O) groups is 2. The van der Waals surface area contributed by atoms with Gasteiger partial charge in [0, 0.05) is 5.69 Å². The van der Waals surface area contributed by atoms with Gasteiger partial charge in [0.15, 0.2) is 0 Å². The van der Waals surface area contributed by atoms with E-state index in [2.05, 4.69) is 15.6 Å². The molecule has 0 aliphatic carbocycles. The summed E-state index contributed by atoms with van der Waals surface area (Å²) in [6.45, 7) is 5.62. The Morgan fingerprint density at radius 1 is 1.06 bits per heavy atom. The van der Waals surface area contributed by atoms with Gasteiger partial charge in [-0.1, -0.05) is 44.2 Å². The molecule has 0 saturated heterocycles. The Bertz CT molecular complexity index is 1470. The van der Waals surface area contributed by atoms with Gasteiger partial charge in [-0.05, 0) is 42.2 Å². The van der Waals surface area contributed by atoms with E-state index in [0.717, 1.165) is 22.6 Å². The number of para-hydroxylation sites is 3. The van der Waals surface area contributed by atoms with E-state index >= 15 is 0 Å². The number of ether oxygens (including phenoxy) is 1. The summed E-state index contributed by atoms with van der Waals surface area (Å²) in [5.41, 5.74) is 2.42. The maximum absolute atomic E-state index is 13.2. The van der Waals surface area contributed by atoms with Crippen molar-refractivity contribution in [2.45, 2.75) is 33.2 Å². The lowest BCUT2D eigenvalue weighted by molar-refractivity contribution is -0.116. The summed E-state index contributed by atoms with van der Waals surface area (Å²) in [5, 5.41) is 6.06. The van der Waals surface area contributed by atoms with Gasteiger partial charge in [0.1, 0.15) is 17.1 Å². The number of nitrogens with one attached hydrogen (secondary N) is 2. The van der Waals surface area contributed by atoms with Crippen molar-refractivity contribution in [1.29, 1.82) is 0 Å². The molecule has 2 aromatic carbocycles. The molecular formula is C26H26N4O4S. The minimum atomic E-state index is -0.368. The second-order valence-electron chi connectivity index (χ2n) is 8.36. The molecular weight excluding hydrogens is 464 g/mol. The van der Waals surface area contributed by atoms with Crippen molar-refractivity contribution in [3.05, 3.63) is 81.2 Å². The lowest BCUT2D eigenvalue weighted by Crippen LogP contribution is -2.28. The molecule has 8 nitrogen and oxygen atoms in total. The van der Waals surface area contributed by atoms with Crippen molar-refractivity contribution < 1.29 is 14.3 Å². The molecule has 4 rings (SSSR count). The van der Waals surface area contributed by atoms with E-state index in [4.69, 9.17) is 4.74 Å². The summed E-state index contributed by atoms with van der Waals surface area (Å²) in [7, 11) is 1.53. The fourth-order valence-electron chi connectivity index (χ4n) is 3.87. The average Bonchev–Trinajstić information content (AvgIpc) is 3.18. The van der Waals surface area contributed by atoms with E-state index in [1.807, 2.05) is 44.2 Å². The van der Waals surface area contributed by atoms with Crippen molar-refractivity contribution in [2.75, 3.05) is 17.7 Å². The van der Waals surface area contributed by atoms with Crippen LogP contribution >= 0.6 is 11.3 Å². The van der Waals surface area contributed by atoms with Crippen LogP contribution in [0.2, 0.25) is 0 Å². The molecule has 0 fully saturated rings. The SMILES string of the molecule is COc1ccccc1NC(=O)c1sc2ncn(CC(=O)Nc3ccccc3C(C)C)c(=O)c2c1C. The summed E-state index contributed by atoms with van der Waals surface area (Å²) >= 11 is 1.14. The number of aryl methyl sites for hydroxylation is 1. The van der Waals surface area contributed by atoms with Crippen molar-refractivity contribution in [3.8, 4) is 5.75 Å². The van der Waals surface area contributed by atoms with Gasteiger partial charge in [0.05, 0.1) is 29.4 Å². The molecule has 0 bridgehead atoms. The second kappa shape index (κ2) is 10.1. The normalized spacial score (nSPS) is 11.0. The fourth-order valence-corrected chi connectivity index (χ4v) is 4.91. The topological polar surface area (TPSA) is 102 Å². The monoisotopic (exact) mass is 490 g/mol. The van der Waals surface area contributed by atoms with Crippen LogP contribution in [0.25, 0.3) is 10.2 Å². The molecule has 2 heterocycles. The van der Waals surface area contributed by atoms with Crippen LogP contribution in [0.1, 0.15) is 40.6 Å². The number of aromatic nitrogens is 2. The van der Waals surface area contributed by atoms with E-state index in [1.165, 1.54) is 18.0 Å². The molecule has 4 aromatic rings. The van der Waals surface area contributed by atoms with E-state index in [9.17, 15) is 14.4 Å². The Labute approximate surface area is 206 Å². The Hall–Kier alpha value is -3.98. The van der Waals surface area contributed by atoms with E-state index < -0.39 is 0 Å². The third-order valence-electron chi connectivity index (χ3n) is 5.65. The molecule has 2 aromatic heterocycles. The number of methoxy groups -OCH3 is 1. The molecule has 35 heavy (non-hydrogen) atoms. The van der Waals surface area contributed by atoms with Crippen LogP contribution in [0, 0.1) is 6.92 Å². The Morgan fingerprint density at radius 2 is 1.74 bits per heavy atom. The highest BCUT2D eigenvalue weighted by Crippen LogP contribution is 2.30. The van der Waals surface area contributed by atoms with Crippen molar-refractivity contribution in [2.24, 2.45) is 0 Å².